The molecule has 1 aromatic rings. The Hall–Kier alpha value is -1.74. The quantitative estimate of drug-likeness (QED) is 0.889. The average Bonchev–Trinajstić information content (AvgIpc) is 2.64. The third kappa shape index (κ3) is 5.41. The number of carbonyl (C=O) groups excluding carboxylic acids is 1. The number of nitrogens with zero attached hydrogens (tertiary/aromatic N) is 1. The zero-order valence-corrected chi connectivity index (χ0v) is 14.1. The molecular formula is C15H20F2N2O4S. The summed E-state index contributed by atoms with van der Waals surface area (Å²) < 4.78 is 57.6. The molecule has 0 bridgehead atoms. The van der Waals surface area contributed by atoms with Crippen LogP contribution in [0.5, 0.6) is 0 Å². The van der Waals surface area contributed by atoms with Crippen molar-refractivity contribution in [3.8, 4) is 0 Å². The van der Waals surface area contributed by atoms with E-state index >= 15 is 0 Å². The van der Waals surface area contributed by atoms with Crippen molar-refractivity contribution in [1.82, 2.24) is 9.62 Å². The number of ether oxygens (including phenoxy) is 1. The molecule has 6 nitrogen and oxygen atoms in total. The van der Waals surface area contributed by atoms with Gasteiger partial charge in [0.25, 0.3) is 5.92 Å². The normalized spacial score (nSPS) is 21.1. The summed E-state index contributed by atoms with van der Waals surface area (Å²) in [6, 6.07) is 7.48. The van der Waals surface area contributed by atoms with Crippen molar-refractivity contribution in [1.29, 1.82) is 0 Å². The van der Waals surface area contributed by atoms with E-state index in [9.17, 15) is 22.0 Å². The third-order valence-corrected chi connectivity index (χ3v) is 4.44. The molecule has 0 saturated carbocycles. The first-order valence-electron chi connectivity index (χ1n) is 7.48. The second-order valence-electron chi connectivity index (χ2n) is 5.77. The van der Waals surface area contributed by atoms with Gasteiger partial charge in [-0.1, -0.05) is 30.3 Å². The molecule has 24 heavy (non-hydrogen) atoms. The largest absolute Gasteiger partial charge is 0.445 e. The van der Waals surface area contributed by atoms with E-state index in [0.29, 0.717) is 0 Å². The molecule has 0 spiro atoms. The second-order valence-corrected chi connectivity index (χ2v) is 7.55. The molecule has 0 aromatic heterocycles. The minimum Gasteiger partial charge on any atom is -0.445 e. The molecule has 1 amide bonds. The molecule has 1 fully saturated rings. The molecule has 1 aromatic carbocycles. The summed E-state index contributed by atoms with van der Waals surface area (Å²) in [7, 11) is -3.76. The highest BCUT2D eigenvalue weighted by molar-refractivity contribution is 7.88. The van der Waals surface area contributed by atoms with E-state index in [1.54, 1.807) is 24.3 Å². The van der Waals surface area contributed by atoms with E-state index in [1.807, 2.05) is 10.8 Å². The van der Waals surface area contributed by atoms with Crippen molar-refractivity contribution in [2.75, 3.05) is 19.3 Å². The second kappa shape index (κ2) is 7.43. The number of amides is 1. The van der Waals surface area contributed by atoms with Crippen molar-refractivity contribution in [2.45, 2.75) is 31.4 Å². The van der Waals surface area contributed by atoms with Crippen LogP contribution in [0.3, 0.4) is 0 Å². The maximum Gasteiger partial charge on any atom is 0.410 e. The fourth-order valence-electron chi connectivity index (χ4n) is 2.46. The zero-order valence-electron chi connectivity index (χ0n) is 13.2. The lowest BCUT2D eigenvalue weighted by molar-refractivity contribution is -0.0343. The Morgan fingerprint density at radius 2 is 2.00 bits per heavy atom. The predicted octanol–water partition coefficient (Wildman–Crippen LogP) is 1.97. The number of nitrogens with one attached hydrogen (secondary N) is 1. The van der Waals surface area contributed by atoms with Crippen LogP contribution in [-0.2, 0) is 21.4 Å². The molecule has 1 aliphatic heterocycles. The molecule has 1 aliphatic rings. The Morgan fingerprint density at radius 1 is 1.33 bits per heavy atom. The summed E-state index contributed by atoms with van der Waals surface area (Å²) in [4.78, 5) is 13.2. The van der Waals surface area contributed by atoms with E-state index in [2.05, 4.69) is 0 Å². The zero-order chi connectivity index (χ0) is 17.8. The van der Waals surface area contributed by atoms with Crippen LogP contribution in [0.4, 0.5) is 13.6 Å². The molecular weight excluding hydrogens is 342 g/mol. The van der Waals surface area contributed by atoms with Crippen LogP contribution in [0.2, 0.25) is 0 Å². The van der Waals surface area contributed by atoms with Gasteiger partial charge in [-0.05, 0) is 12.0 Å². The van der Waals surface area contributed by atoms with Gasteiger partial charge in [0, 0.05) is 19.5 Å². The van der Waals surface area contributed by atoms with Crippen LogP contribution >= 0.6 is 0 Å². The SMILES string of the molecule is CS(=O)(=O)N[C@@H]1CCN(C(=O)OCc2ccccc2)CCC1(F)F. The number of carbonyl (C=O) groups is 1. The summed E-state index contributed by atoms with van der Waals surface area (Å²) >= 11 is 0. The van der Waals surface area contributed by atoms with Crippen molar-refractivity contribution in [3.05, 3.63) is 35.9 Å². The standard InChI is InChI=1S/C15H20F2N2O4S/c1-24(21,22)18-13-7-9-19(10-8-15(13,16)17)14(20)23-11-12-5-3-2-4-6-12/h2-6,13,18H,7-11H2,1H3/t13-/m1/s1. The van der Waals surface area contributed by atoms with Crippen LogP contribution < -0.4 is 4.72 Å². The van der Waals surface area contributed by atoms with Crippen molar-refractivity contribution >= 4 is 16.1 Å². The summed E-state index contributed by atoms with van der Waals surface area (Å²) in [6.07, 6.45) is -0.657. The predicted molar refractivity (Wildman–Crippen MR) is 84.1 cm³/mol. The Labute approximate surface area is 139 Å². The number of sulfonamides is 1. The first kappa shape index (κ1) is 18.6. The summed E-state index contributed by atoms with van der Waals surface area (Å²) in [5.41, 5.74) is 0.794. The van der Waals surface area contributed by atoms with Crippen LogP contribution in [-0.4, -0.2) is 50.7 Å². The van der Waals surface area contributed by atoms with Gasteiger partial charge in [0.15, 0.2) is 0 Å². The van der Waals surface area contributed by atoms with E-state index in [4.69, 9.17) is 4.74 Å². The van der Waals surface area contributed by atoms with Gasteiger partial charge >= 0.3 is 6.09 Å². The topological polar surface area (TPSA) is 75.7 Å². The van der Waals surface area contributed by atoms with Gasteiger partial charge in [-0.3, -0.25) is 0 Å². The van der Waals surface area contributed by atoms with E-state index in [1.165, 1.54) is 4.90 Å². The van der Waals surface area contributed by atoms with Gasteiger partial charge < -0.3 is 9.64 Å². The van der Waals surface area contributed by atoms with Gasteiger partial charge in [0.05, 0.1) is 12.3 Å². The number of rotatable bonds is 4. The molecule has 134 valence electrons. The minimum absolute atomic E-state index is 0.00357. The fraction of sp³-hybridized carbons (Fsp3) is 0.533. The maximum atomic E-state index is 14.0. The molecule has 0 unspecified atom stereocenters. The van der Waals surface area contributed by atoms with Crippen LogP contribution in [0.15, 0.2) is 30.3 Å². The van der Waals surface area contributed by atoms with Gasteiger partial charge in [-0.2, -0.15) is 0 Å². The Balaban J connectivity index is 1.94. The Bertz CT molecular complexity index is 667. The Kier molecular flexibility index (Phi) is 5.76. The highest BCUT2D eigenvalue weighted by Gasteiger charge is 2.43. The van der Waals surface area contributed by atoms with Gasteiger partial charge in [0.2, 0.25) is 10.0 Å². The fourth-order valence-corrected chi connectivity index (χ4v) is 3.27. The number of halogens is 2. The van der Waals surface area contributed by atoms with E-state index in [-0.39, 0.29) is 26.1 Å². The van der Waals surface area contributed by atoms with Crippen LogP contribution in [0.1, 0.15) is 18.4 Å². The third-order valence-electron chi connectivity index (χ3n) is 3.73. The summed E-state index contributed by atoms with van der Waals surface area (Å²) in [5.74, 6) is -3.22. The number of benzene rings is 1. The van der Waals surface area contributed by atoms with E-state index < -0.39 is 34.5 Å². The summed E-state index contributed by atoms with van der Waals surface area (Å²) in [6.45, 7) is -0.142. The molecule has 1 saturated heterocycles. The smallest absolute Gasteiger partial charge is 0.410 e. The van der Waals surface area contributed by atoms with Gasteiger partial charge in [-0.15, -0.1) is 0 Å². The Morgan fingerprint density at radius 3 is 2.62 bits per heavy atom. The van der Waals surface area contributed by atoms with Crippen LogP contribution in [0.25, 0.3) is 0 Å². The lowest BCUT2D eigenvalue weighted by atomic mass is 10.1. The van der Waals surface area contributed by atoms with Crippen molar-refractivity contribution < 1.29 is 26.7 Å². The van der Waals surface area contributed by atoms with Gasteiger partial charge in [0.1, 0.15) is 6.61 Å². The van der Waals surface area contributed by atoms with Gasteiger partial charge in [-0.25, -0.2) is 26.7 Å². The molecule has 0 radical (unpaired) electrons. The number of likely N-dealkylation sites (tertiary alicyclic amines) is 1. The first-order chi connectivity index (χ1) is 11.2. The van der Waals surface area contributed by atoms with Crippen LogP contribution in [0, 0.1) is 0 Å². The average molecular weight is 362 g/mol. The molecule has 0 aliphatic carbocycles. The highest BCUT2D eigenvalue weighted by atomic mass is 32.2. The molecule has 1 N–H and O–H groups in total. The minimum atomic E-state index is -3.76. The number of alkyl halides is 2. The molecule has 1 heterocycles. The number of hydrogen-bond donors (Lipinski definition) is 1. The molecule has 1 atom stereocenters. The monoisotopic (exact) mass is 362 g/mol. The first-order valence-corrected chi connectivity index (χ1v) is 9.37. The van der Waals surface area contributed by atoms with E-state index in [0.717, 1.165) is 11.8 Å². The van der Waals surface area contributed by atoms with Crippen molar-refractivity contribution in [2.24, 2.45) is 0 Å². The van der Waals surface area contributed by atoms with Crippen molar-refractivity contribution in [3.63, 3.8) is 0 Å². The summed E-state index contributed by atoms with van der Waals surface area (Å²) in [5, 5.41) is 0. The number of hydrogen-bond acceptors (Lipinski definition) is 4. The molecule has 9 heteroatoms. The highest BCUT2D eigenvalue weighted by Crippen LogP contribution is 2.29. The molecule has 2 rings (SSSR count). The lowest BCUT2D eigenvalue weighted by Crippen LogP contribution is -2.47. The lowest BCUT2D eigenvalue weighted by Gasteiger charge is -2.23. The maximum absolute atomic E-state index is 14.0.